The Hall–Kier alpha value is -2.66. The molecule has 5 nitrogen and oxygen atoms in total. The van der Waals surface area contributed by atoms with Gasteiger partial charge in [0.15, 0.2) is 12.4 Å². The number of benzene rings is 2. The van der Waals surface area contributed by atoms with Gasteiger partial charge in [0.2, 0.25) is 5.91 Å². The van der Waals surface area contributed by atoms with Crippen molar-refractivity contribution in [3.63, 3.8) is 0 Å². The second kappa shape index (κ2) is 7.70. The highest BCUT2D eigenvalue weighted by atomic mass is 35.5. The molecule has 2 aromatic rings. The van der Waals surface area contributed by atoms with Crippen molar-refractivity contribution < 1.29 is 19.1 Å². The quantitative estimate of drug-likeness (QED) is 0.596. The standard InChI is InChI=1S/C20H18ClNO4/c1-13-6-8-14(9-7-13)18(23)12-26-20(25)15-10-19(24)22(11-15)17-5-3-2-4-16(17)21/h2-9,15H,10-12H2,1H3/t15-/m0/s1. The van der Waals surface area contributed by atoms with Gasteiger partial charge in [0.1, 0.15) is 0 Å². The molecule has 134 valence electrons. The number of hydrogen-bond donors (Lipinski definition) is 0. The van der Waals surface area contributed by atoms with Crippen LogP contribution in [0.1, 0.15) is 22.3 Å². The summed E-state index contributed by atoms with van der Waals surface area (Å²) >= 11 is 6.12. The second-order valence-corrected chi connectivity index (χ2v) is 6.66. The summed E-state index contributed by atoms with van der Waals surface area (Å²) in [7, 11) is 0. The van der Waals surface area contributed by atoms with Crippen molar-refractivity contribution in [1.82, 2.24) is 0 Å². The van der Waals surface area contributed by atoms with E-state index in [-0.39, 0.29) is 31.3 Å². The third-order valence-corrected chi connectivity index (χ3v) is 4.64. The molecule has 0 N–H and O–H groups in total. The van der Waals surface area contributed by atoms with E-state index in [0.717, 1.165) is 5.56 Å². The van der Waals surface area contributed by atoms with Gasteiger partial charge in [-0.15, -0.1) is 0 Å². The summed E-state index contributed by atoms with van der Waals surface area (Å²) in [5.74, 6) is -1.62. The first-order valence-electron chi connectivity index (χ1n) is 8.27. The number of carbonyl (C=O) groups is 3. The third kappa shape index (κ3) is 3.94. The number of amides is 1. The molecule has 26 heavy (non-hydrogen) atoms. The van der Waals surface area contributed by atoms with Gasteiger partial charge in [0.05, 0.1) is 16.6 Å². The predicted molar refractivity (Wildman–Crippen MR) is 98.4 cm³/mol. The van der Waals surface area contributed by atoms with E-state index in [9.17, 15) is 14.4 Å². The molecule has 1 aliphatic rings. The molecule has 1 atom stereocenters. The number of carbonyl (C=O) groups excluding carboxylic acids is 3. The van der Waals surface area contributed by atoms with Crippen LogP contribution in [-0.2, 0) is 14.3 Å². The fourth-order valence-electron chi connectivity index (χ4n) is 2.85. The summed E-state index contributed by atoms with van der Waals surface area (Å²) in [4.78, 5) is 38.1. The van der Waals surface area contributed by atoms with Gasteiger partial charge < -0.3 is 9.64 Å². The van der Waals surface area contributed by atoms with Gasteiger partial charge in [-0.1, -0.05) is 53.6 Å². The largest absolute Gasteiger partial charge is 0.457 e. The maximum atomic E-state index is 12.3. The first-order valence-corrected chi connectivity index (χ1v) is 8.65. The zero-order valence-electron chi connectivity index (χ0n) is 14.3. The molecule has 1 fully saturated rings. The summed E-state index contributed by atoms with van der Waals surface area (Å²) in [5, 5.41) is 0.449. The van der Waals surface area contributed by atoms with Crippen molar-refractivity contribution in [2.45, 2.75) is 13.3 Å². The number of aryl methyl sites for hydroxylation is 1. The number of hydrogen-bond acceptors (Lipinski definition) is 4. The Bertz CT molecular complexity index is 847. The highest BCUT2D eigenvalue weighted by Gasteiger charge is 2.37. The molecule has 0 spiro atoms. The molecule has 0 aliphatic carbocycles. The molecule has 6 heteroatoms. The molecule has 1 heterocycles. The molecule has 0 bridgehead atoms. The van der Waals surface area contributed by atoms with E-state index in [1.54, 1.807) is 36.4 Å². The second-order valence-electron chi connectivity index (χ2n) is 6.25. The molecular weight excluding hydrogens is 354 g/mol. The molecule has 0 saturated carbocycles. The Morgan fingerprint density at radius 1 is 1.15 bits per heavy atom. The summed E-state index contributed by atoms with van der Waals surface area (Å²) in [6.07, 6.45) is 0.0444. The minimum absolute atomic E-state index is 0.0444. The van der Waals surface area contributed by atoms with Gasteiger partial charge in [0, 0.05) is 18.5 Å². The van der Waals surface area contributed by atoms with Crippen LogP contribution < -0.4 is 4.90 Å². The summed E-state index contributed by atoms with van der Waals surface area (Å²) in [5.41, 5.74) is 2.11. The fourth-order valence-corrected chi connectivity index (χ4v) is 3.08. The molecule has 1 amide bonds. The number of rotatable bonds is 5. The minimum atomic E-state index is -0.607. The van der Waals surface area contributed by atoms with E-state index in [1.165, 1.54) is 4.90 Å². The number of ether oxygens (including phenoxy) is 1. The van der Waals surface area contributed by atoms with Gasteiger partial charge in [-0.3, -0.25) is 14.4 Å². The Balaban J connectivity index is 1.59. The summed E-state index contributed by atoms with van der Waals surface area (Å²) in [6, 6.07) is 14.0. The number of esters is 1. The Labute approximate surface area is 156 Å². The number of ketones is 1. The maximum absolute atomic E-state index is 12.3. The molecule has 2 aromatic carbocycles. The number of nitrogens with zero attached hydrogens (tertiary/aromatic N) is 1. The van der Waals surface area contributed by atoms with Crippen LogP contribution in [0.2, 0.25) is 5.02 Å². The van der Waals surface area contributed by atoms with Gasteiger partial charge in [-0.2, -0.15) is 0 Å². The van der Waals surface area contributed by atoms with Crippen LogP contribution in [0.25, 0.3) is 0 Å². The lowest BCUT2D eigenvalue weighted by Gasteiger charge is -2.17. The van der Waals surface area contributed by atoms with E-state index < -0.39 is 11.9 Å². The Morgan fingerprint density at radius 2 is 1.85 bits per heavy atom. The molecule has 3 rings (SSSR count). The Morgan fingerprint density at radius 3 is 2.54 bits per heavy atom. The lowest BCUT2D eigenvalue weighted by molar-refractivity contribution is -0.147. The minimum Gasteiger partial charge on any atom is -0.457 e. The van der Waals surface area contributed by atoms with Crippen LogP contribution in [0, 0.1) is 12.8 Å². The topological polar surface area (TPSA) is 63.7 Å². The van der Waals surface area contributed by atoms with E-state index >= 15 is 0 Å². The van der Waals surface area contributed by atoms with Gasteiger partial charge in [-0.05, 0) is 19.1 Å². The summed E-state index contributed by atoms with van der Waals surface area (Å²) < 4.78 is 5.13. The normalized spacial score (nSPS) is 16.6. The van der Waals surface area contributed by atoms with Crippen molar-refractivity contribution in [3.05, 3.63) is 64.7 Å². The first kappa shape index (κ1) is 18.1. The molecule has 1 saturated heterocycles. The Kier molecular flexibility index (Phi) is 5.38. The van der Waals surface area contributed by atoms with Gasteiger partial charge >= 0.3 is 5.97 Å². The van der Waals surface area contributed by atoms with Crippen LogP contribution in [0.3, 0.4) is 0 Å². The molecule has 0 unspecified atom stereocenters. The highest BCUT2D eigenvalue weighted by molar-refractivity contribution is 6.33. The van der Waals surface area contributed by atoms with Gasteiger partial charge in [-0.25, -0.2) is 0 Å². The van der Waals surface area contributed by atoms with E-state index in [4.69, 9.17) is 16.3 Å². The third-order valence-electron chi connectivity index (χ3n) is 4.32. The fraction of sp³-hybridized carbons (Fsp3) is 0.250. The molecule has 1 aliphatic heterocycles. The highest BCUT2D eigenvalue weighted by Crippen LogP contribution is 2.31. The SMILES string of the molecule is Cc1ccc(C(=O)COC(=O)[C@H]2CC(=O)N(c3ccccc3Cl)C2)cc1. The van der Waals surface area contributed by atoms with Crippen LogP contribution in [0.5, 0.6) is 0 Å². The van der Waals surface area contributed by atoms with E-state index in [1.807, 2.05) is 19.1 Å². The number of halogens is 1. The van der Waals surface area contributed by atoms with E-state index in [2.05, 4.69) is 0 Å². The maximum Gasteiger partial charge on any atom is 0.311 e. The van der Waals surface area contributed by atoms with Crippen LogP contribution in [0.15, 0.2) is 48.5 Å². The van der Waals surface area contributed by atoms with Crippen molar-refractivity contribution in [2.24, 2.45) is 5.92 Å². The first-order chi connectivity index (χ1) is 12.5. The zero-order chi connectivity index (χ0) is 18.7. The molecule has 0 radical (unpaired) electrons. The van der Waals surface area contributed by atoms with Crippen LogP contribution in [0.4, 0.5) is 5.69 Å². The average molecular weight is 372 g/mol. The molecular formula is C20H18ClNO4. The smallest absolute Gasteiger partial charge is 0.311 e. The zero-order valence-corrected chi connectivity index (χ0v) is 15.0. The van der Waals surface area contributed by atoms with Crippen LogP contribution in [-0.4, -0.2) is 30.8 Å². The average Bonchev–Trinajstić information content (AvgIpc) is 3.02. The van der Waals surface area contributed by atoms with Crippen LogP contribution >= 0.6 is 11.6 Å². The monoisotopic (exact) mass is 371 g/mol. The van der Waals surface area contributed by atoms with Gasteiger partial charge in [0.25, 0.3) is 0 Å². The molecule has 0 aromatic heterocycles. The van der Waals surface area contributed by atoms with E-state index in [0.29, 0.717) is 16.3 Å². The van der Waals surface area contributed by atoms with Crippen molar-refractivity contribution in [3.8, 4) is 0 Å². The lowest BCUT2D eigenvalue weighted by Crippen LogP contribution is -2.27. The van der Waals surface area contributed by atoms with Crippen molar-refractivity contribution in [2.75, 3.05) is 18.1 Å². The number of anilines is 1. The lowest BCUT2D eigenvalue weighted by atomic mass is 10.1. The van der Waals surface area contributed by atoms with Crippen molar-refractivity contribution in [1.29, 1.82) is 0 Å². The predicted octanol–water partition coefficient (Wildman–Crippen LogP) is 3.43. The summed E-state index contributed by atoms with van der Waals surface area (Å²) in [6.45, 7) is 1.79. The number of Topliss-reactive ketones (excluding diaryl/α,β-unsaturated/α-hetero) is 1. The van der Waals surface area contributed by atoms with Crippen molar-refractivity contribution >= 4 is 34.9 Å². The number of para-hydroxylation sites is 1.